The number of esters is 1. The van der Waals surface area contributed by atoms with Gasteiger partial charge in [0.05, 0.1) is 39.2 Å². The van der Waals surface area contributed by atoms with E-state index in [1.54, 1.807) is 13.8 Å². The number of benzene rings is 2. The topological polar surface area (TPSA) is 114 Å². The summed E-state index contributed by atoms with van der Waals surface area (Å²) in [5.74, 6) is -0.337. The van der Waals surface area contributed by atoms with E-state index in [2.05, 4.69) is 20.9 Å². The molecule has 0 amide bonds. The van der Waals surface area contributed by atoms with Crippen molar-refractivity contribution in [3.8, 4) is 17.6 Å². The summed E-state index contributed by atoms with van der Waals surface area (Å²) >= 11 is 3.28. The molecule has 3 aromatic rings. The number of halogens is 1. The molecule has 1 heterocycles. The molecule has 0 atom stereocenters. The first-order valence-electron chi connectivity index (χ1n) is 8.75. The fourth-order valence-electron chi connectivity index (χ4n) is 2.81. The fourth-order valence-corrected chi connectivity index (χ4v) is 3.34. The van der Waals surface area contributed by atoms with E-state index in [1.807, 2.05) is 6.07 Å². The van der Waals surface area contributed by atoms with Crippen LogP contribution in [0, 0.1) is 11.3 Å². The second-order valence-electron chi connectivity index (χ2n) is 5.96. The van der Waals surface area contributed by atoms with E-state index >= 15 is 0 Å². The van der Waals surface area contributed by atoms with Crippen molar-refractivity contribution in [2.75, 3.05) is 6.61 Å². The van der Waals surface area contributed by atoms with Crippen LogP contribution in [0.25, 0.3) is 10.9 Å². The normalized spacial score (nSPS) is 10.6. The van der Waals surface area contributed by atoms with Crippen molar-refractivity contribution in [3.63, 3.8) is 0 Å². The highest BCUT2D eigenvalue weighted by atomic mass is 79.9. The van der Waals surface area contributed by atoms with Gasteiger partial charge in [-0.1, -0.05) is 0 Å². The lowest BCUT2D eigenvalue weighted by atomic mass is 10.1. The lowest BCUT2D eigenvalue weighted by Crippen LogP contribution is -2.34. The van der Waals surface area contributed by atoms with Crippen LogP contribution >= 0.6 is 15.9 Å². The molecule has 3 rings (SSSR count). The summed E-state index contributed by atoms with van der Waals surface area (Å²) in [5, 5.41) is 9.39. The highest BCUT2D eigenvalue weighted by molar-refractivity contribution is 9.10. The third-order valence-electron chi connectivity index (χ3n) is 4.17. The Balaban J connectivity index is 2.02. The number of rotatable bonds is 5. The second kappa shape index (κ2) is 8.32. The molecule has 0 bridgehead atoms. The molecule has 0 aliphatic carbocycles. The summed E-state index contributed by atoms with van der Waals surface area (Å²) in [7, 11) is 0. The van der Waals surface area contributed by atoms with Crippen LogP contribution in [0.2, 0.25) is 0 Å². The van der Waals surface area contributed by atoms with Gasteiger partial charge in [0.1, 0.15) is 0 Å². The maximum Gasteiger partial charge on any atom is 0.343 e. The van der Waals surface area contributed by atoms with Gasteiger partial charge in [-0.25, -0.2) is 9.59 Å². The molecule has 0 unspecified atom stereocenters. The van der Waals surface area contributed by atoms with Gasteiger partial charge in [-0.05, 0) is 54.0 Å². The van der Waals surface area contributed by atoms with Gasteiger partial charge in [-0.15, -0.1) is 0 Å². The van der Waals surface area contributed by atoms with E-state index in [-0.39, 0.29) is 34.5 Å². The molecular weight excluding hydrogens is 442 g/mol. The zero-order valence-electron chi connectivity index (χ0n) is 15.6. The number of H-pyrrole nitrogens is 1. The fraction of sp³-hybridized carbons (Fsp3) is 0.200. The number of aromatic nitrogens is 2. The van der Waals surface area contributed by atoms with Gasteiger partial charge < -0.3 is 14.5 Å². The number of hydrogen-bond donors (Lipinski definition) is 1. The molecule has 0 aliphatic rings. The lowest BCUT2D eigenvalue weighted by Gasteiger charge is -2.13. The van der Waals surface area contributed by atoms with Gasteiger partial charge in [0.25, 0.3) is 5.56 Å². The zero-order valence-corrected chi connectivity index (χ0v) is 17.2. The zero-order chi connectivity index (χ0) is 21.1. The van der Waals surface area contributed by atoms with Crippen LogP contribution in [0.5, 0.6) is 11.5 Å². The van der Waals surface area contributed by atoms with Gasteiger partial charge in [0, 0.05) is 12.6 Å². The molecule has 0 fully saturated rings. The molecule has 2 aromatic carbocycles. The van der Waals surface area contributed by atoms with Crippen LogP contribution in [-0.2, 0) is 6.54 Å². The van der Waals surface area contributed by atoms with Crippen molar-refractivity contribution in [1.29, 1.82) is 5.26 Å². The second-order valence-corrected chi connectivity index (χ2v) is 6.81. The molecule has 0 aliphatic heterocycles. The van der Waals surface area contributed by atoms with Crippen LogP contribution in [-0.4, -0.2) is 22.1 Å². The van der Waals surface area contributed by atoms with E-state index in [0.29, 0.717) is 16.6 Å². The van der Waals surface area contributed by atoms with Gasteiger partial charge >= 0.3 is 11.7 Å². The van der Waals surface area contributed by atoms with Crippen LogP contribution in [0.3, 0.4) is 0 Å². The van der Waals surface area contributed by atoms with E-state index in [4.69, 9.17) is 14.7 Å². The Morgan fingerprint density at radius 2 is 2.00 bits per heavy atom. The minimum Gasteiger partial charge on any atom is -0.490 e. The Labute approximate surface area is 173 Å². The quantitative estimate of drug-likeness (QED) is 0.465. The van der Waals surface area contributed by atoms with Crippen molar-refractivity contribution in [2.45, 2.75) is 20.4 Å². The van der Waals surface area contributed by atoms with Gasteiger partial charge in [-0.3, -0.25) is 9.36 Å². The van der Waals surface area contributed by atoms with Crippen LogP contribution in [0.4, 0.5) is 0 Å². The molecular formula is C20H16BrN3O5. The Hall–Kier alpha value is -3.38. The molecule has 1 aromatic heterocycles. The maximum atomic E-state index is 12.7. The monoisotopic (exact) mass is 457 g/mol. The first-order valence-corrected chi connectivity index (χ1v) is 9.54. The first kappa shape index (κ1) is 20.4. The van der Waals surface area contributed by atoms with E-state index < -0.39 is 17.2 Å². The average molecular weight is 458 g/mol. The molecule has 29 heavy (non-hydrogen) atoms. The standard InChI is InChI=1S/C20H16BrN3O5/c1-3-24-18(25)13-6-5-12(9-15(13)23-20(24)27)19(26)29-17-14(21)7-11(10-22)8-16(17)28-4-2/h5-9H,3-4H2,1-2H3,(H,23,27). The summed E-state index contributed by atoms with van der Waals surface area (Å²) < 4.78 is 12.4. The minimum atomic E-state index is -0.709. The number of nitriles is 1. The summed E-state index contributed by atoms with van der Waals surface area (Å²) in [4.78, 5) is 39.6. The molecule has 148 valence electrons. The van der Waals surface area contributed by atoms with Crippen LogP contribution < -0.4 is 20.7 Å². The maximum absolute atomic E-state index is 12.7. The molecule has 0 radical (unpaired) electrons. The van der Waals surface area contributed by atoms with E-state index in [1.165, 1.54) is 30.3 Å². The molecule has 0 saturated heterocycles. The number of carbonyl (C=O) groups is 1. The number of carbonyl (C=O) groups excluding carboxylic acids is 1. The number of hydrogen-bond acceptors (Lipinski definition) is 6. The smallest absolute Gasteiger partial charge is 0.343 e. The summed E-state index contributed by atoms with van der Waals surface area (Å²) in [6.45, 7) is 4.01. The molecule has 0 saturated carbocycles. The van der Waals surface area contributed by atoms with Crippen LogP contribution in [0.1, 0.15) is 29.8 Å². The third kappa shape index (κ3) is 3.93. The Bertz CT molecular complexity index is 1270. The first-order chi connectivity index (χ1) is 13.9. The highest BCUT2D eigenvalue weighted by Crippen LogP contribution is 2.37. The summed E-state index contributed by atoms with van der Waals surface area (Å²) in [6.07, 6.45) is 0. The highest BCUT2D eigenvalue weighted by Gasteiger charge is 2.18. The minimum absolute atomic E-state index is 0.130. The van der Waals surface area contributed by atoms with Crippen molar-refractivity contribution in [1.82, 2.24) is 9.55 Å². The number of fused-ring (bicyclic) bond motifs is 1. The molecule has 1 N–H and O–H groups in total. The average Bonchev–Trinajstić information content (AvgIpc) is 2.70. The van der Waals surface area contributed by atoms with Gasteiger partial charge in [0.2, 0.25) is 0 Å². The third-order valence-corrected chi connectivity index (χ3v) is 4.76. The Morgan fingerprint density at radius 1 is 1.24 bits per heavy atom. The molecule has 0 spiro atoms. The van der Waals surface area contributed by atoms with Crippen molar-refractivity contribution in [2.24, 2.45) is 0 Å². The lowest BCUT2D eigenvalue weighted by molar-refractivity contribution is 0.0727. The van der Waals surface area contributed by atoms with Crippen molar-refractivity contribution in [3.05, 3.63) is 66.8 Å². The van der Waals surface area contributed by atoms with Gasteiger partial charge in [0.15, 0.2) is 11.5 Å². The Morgan fingerprint density at radius 3 is 2.66 bits per heavy atom. The van der Waals surface area contributed by atoms with E-state index in [0.717, 1.165) is 4.57 Å². The summed E-state index contributed by atoms with van der Waals surface area (Å²) in [5.41, 5.74) is -0.261. The number of nitrogens with zero attached hydrogens (tertiary/aromatic N) is 2. The number of aromatic amines is 1. The van der Waals surface area contributed by atoms with Gasteiger partial charge in [-0.2, -0.15) is 5.26 Å². The predicted octanol–water partition coefficient (Wildman–Crippen LogP) is 2.96. The number of nitrogens with one attached hydrogen (secondary N) is 1. The Kier molecular flexibility index (Phi) is 5.84. The summed E-state index contributed by atoms with van der Waals surface area (Å²) in [6, 6.07) is 9.29. The predicted molar refractivity (Wildman–Crippen MR) is 109 cm³/mol. The SMILES string of the molecule is CCOc1cc(C#N)cc(Br)c1OC(=O)c1ccc2c(=O)n(CC)c(=O)[nH]c2c1. The number of ether oxygens (including phenoxy) is 2. The van der Waals surface area contributed by atoms with Crippen molar-refractivity contribution < 1.29 is 14.3 Å². The largest absolute Gasteiger partial charge is 0.490 e. The molecule has 9 heteroatoms. The van der Waals surface area contributed by atoms with E-state index in [9.17, 15) is 14.4 Å². The van der Waals surface area contributed by atoms with Crippen LogP contribution in [0.15, 0.2) is 44.4 Å². The van der Waals surface area contributed by atoms with Crippen molar-refractivity contribution >= 4 is 32.8 Å². The molecule has 8 nitrogen and oxygen atoms in total.